The van der Waals surface area contributed by atoms with Crippen LogP contribution in [0.4, 0.5) is 0 Å². The number of carbonyl (C=O) groups excluding carboxylic acids is 1. The molecular weight excluding hydrogens is 242 g/mol. The summed E-state index contributed by atoms with van der Waals surface area (Å²) >= 11 is 0. The maximum Gasteiger partial charge on any atom is 0.252 e. The summed E-state index contributed by atoms with van der Waals surface area (Å²) in [5.41, 5.74) is -0.169. The van der Waals surface area contributed by atoms with Crippen LogP contribution in [0, 0.1) is 12.3 Å². The molecule has 0 aliphatic carbocycles. The van der Waals surface area contributed by atoms with Crippen molar-refractivity contribution in [1.82, 2.24) is 5.32 Å². The summed E-state index contributed by atoms with van der Waals surface area (Å²) in [6.07, 6.45) is 6.09. The predicted octanol–water partition coefficient (Wildman–Crippen LogP) is 2.24. The molecule has 4 nitrogen and oxygen atoms in total. The SMILES string of the molecule is C#C[C@@](C)(CC)NC(=O)c1ccc(OC)c(OC)c1. The number of carbonyl (C=O) groups is 1. The fourth-order valence-corrected chi connectivity index (χ4v) is 1.53. The van der Waals surface area contributed by atoms with Crippen LogP contribution in [0.15, 0.2) is 18.2 Å². The molecule has 0 aliphatic heterocycles. The molecule has 19 heavy (non-hydrogen) atoms. The highest BCUT2D eigenvalue weighted by atomic mass is 16.5. The molecule has 1 aromatic carbocycles. The molecule has 1 rings (SSSR count). The third-order valence-corrected chi connectivity index (χ3v) is 3.06. The molecule has 0 saturated carbocycles. The number of nitrogens with one attached hydrogen (secondary N) is 1. The second-order valence-corrected chi connectivity index (χ2v) is 4.35. The van der Waals surface area contributed by atoms with E-state index in [1.807, 2.05) is 13.8 Å². The molecule has 0 aromatic heterocycles. The lowest BCUT2D eigenvalue weighted by Gasteiger charge is -2.23. The van der Waals surface area contributed by atoms with Crippen LogP contribution in [0.3, 0.4) is 0 Å². The Labute approximate surface area is 114 Å². The van der Waals surface area contributed by atoms with Gasteiger partial charge >= 0.3 is 0 Å². The zero-order chi connectivity index (χ0) is 14.5. The highest BCUT2D eigenvalue weighted by molar-refractivity contribution is 5.95. The van der Waals surface area contributed by atoms with Crippen molar-refractivity contribution in [2.45, 2.75) is 25.8 Å². The first kappa shape index (κ1) is 14.9. The molecule has 1 aromatic rings. The molecule has 0 spiro atoms. The van der Waals surface area contributed by atoms with Crippen LogP contribution in [0.2, 0.25) is 0 Å². The van der Waals surface area contributed by atoms with Gasteiger partial charge in [0.15, 0.2) is 11.5 Å². The Morgan fingerprint density at radius 1 is 1.37 bits per heavy atom. The monoisotopic (exact) mass is 261 g/mol. The zero-order valence-corrected chi connectivity index (χ0v) is 11.7. The van der Waals surface area contributed by atoms with Crippen molar-refractivity contribution in [3.8, 4) is 23.8 Å². The van der Waals surface area contributed by atoms with E-state index in [1.165, 1.54) is 7.11 Å². The minimum absolute atomic E-state index is 0.233. The van der Waals surface area contributed by atoms with E-state index in [1.54, 1.807) is 25.3 Å². The Kier molecular flexibility index (Phi) is 4.82. The highest BCUT2D eigenvalue weighted by Gasteiger charge is 2.22. The Balaban J connectivity index is 2.98. The van der Waals surface area contributed by atoms with Gasteiger partial charge in [-0.2, -0.15) is 0 Å². The number of hydrogen-bond acceptors (Lipinski definition) is 3. The maximum atomic E-state index is 12.1. The topological polar surface area (TPSA) is 47.6 Å². The molecule has 0 fully saturated rings. The fraction of sp³-hybridized carbons (Fsp3) is 0.400. The van der Waals surface area contributed by atoms with Gasteiger partial charge in [-0.05, 0) is 31.5 Å². The average Bonchev–Trinajstić information content (AvgIpc) is 2.46. The number of ether oxygens (including phenoxy) is 2. The van der Waals surface area contributed by atoms with Gasteiger partial charge in [-0.25, -0.2) is 0 Å². The van der Waals surface area contributed by atoms with Crippen molar-refractivity contribution in [3.05, 3.63) is 23.8 Å². The van der Waals surface area contributed by atoms with Crippen LogP contribution in [-0.2, 0) is 0 Å². The van der Waals surface area contributed by atoms with Gasteiger partial charge in [-0.15, -0.1) is 6.42 Å². The molecule has 1 atom stereocenters. The van der Waals surface area contributed by atoms with Gasteiger partial charge in [-0.1, -0.05) is 12.8 Å². The van der Waals surface area contributed by atoms with E-state index in [0.717, 1.165) is 0 Å². The lowest BCUT2D eigenvalue weighted by molar-refractivity contribution is 0.0923. The van der Waals surface area contributed by atoms with Gasteiger partial charge in [-0.3, -0.25) is 4.79 Å². The van der Waals surface area contributed by atoms with E-state index in [0.29, 0.717) is 23.5 Å². The van der Waals surface area contributed by atoms with E-state index in [4.69, 9.17) is 15.9 Å². The maximum absolute atomic E-state index is 12.1. The predicted molar refractivity (Wildman–Crippen MR) is 74.5 cm³/mol. The summed E-state index contributed by atoms with van der Waals surface area (Å²) in [5, 5.41) is 2.83. The molecule has 0 aliphatic rings. The fourth-order valence-electron chi connectivity index (χ4n) is 1.53. The second-order valence-electron chi connectivity index (χ2n) is 4.35. The molecular formula is C15H19NO3. The van der Waals surface area contributed by atoms with Crippen LogP contribution in [-0.4, -0.2) is 25.7 Å². The summed E-state index contributed by atoms with van der Waals surface area (Å²) in [4.78, 5) is 12.1. The lowest BCUT2D eigenvalue weighted by atomic mass is 9.99. The van der Waals surface area contributed by atoms with Crippen molar-refractivity contribution < 1.29 is 14.3 Å². The van der Waals surface area contributed by atoms with E-state index < -0.39 is 5.54 Å². The number of benzene rings is 1. The largest absolute Gasteiger partial charge is 0.493 e. The quantitative estimate of drug-likeness (QED) is 0.827. The van der Waals surface area contributed by atoms with E-state index in [-0.39, 0.29) is 5.91 Å². The molecule has 1 N–H and O–H groups in total. The second kappa shape index (κ2) is 6.14. The van der Waals surface area contributed by atoms with Crippen LogP contribution in [0.5, 0.6) is 11.5 Å². The first-order chi connectivity index (χ1) is 8.99. The first-order valence-electron chi connectivity index (χ1n) is 6.02. The van der Waals surface area contributed by atoms with Crippen molar-refractivity contribution in [2.24, 2.45) is 0 Å². The number of amides is 1. The lowest BCUT2D eigenvalue weighted by Crippen LogP contribution is -2.44. The summed E-state index contributed by atoms with van der Waals surface area (Å²) in [7, 11) is 3.07. The van der Waals surface area contributed by atoms with Gasteiger partial charge in [0, 0.05) is 5.56 Å². The third-order valence-electron chi connectivity index (χ3n) is 3.06. The highest BCUT2D eigenvalue weighted by Crippen LogP contribution is 2.27. The number of hydrogen-bond donors (Lipinski definition) is 1. The van der Waals surface area contributed by atoms with Gasteiger partial charge in [0.05, 0.1) is 19.8 Å². The van der Waals surface area contributed by atoms with E-state index >= 15 is 0 Å². The van der Waals surface area contributed by atoms with Gasteiger partial charge in [0.25, 0.3) is 5.91 Å². The Morgan fingerprint density at radius 3 is 2.47 bits per heavy atom. The zero-order valence-electron chi connectivity index (χ0n) is 11.7. The van der Waals surface area contributed by atoms with E-state index in [2.05, 4.69) is 11.2 Å². The normalized spacial score (nSPS) is 13.0. The minimum atomic E-state index is -0.649. The average molecular weight is 261 g/mol. The van der Waals surface area contributed by atoms with Crippen LogP contribution < -0.4 is 14.8 Å². The van der Waals surface area contributed by atoms with Crippen molar-refractivity contribution in [3.63, 3.8) is 0 Å². The standard InChI is InChI=1S/C15H19NO3/c1-6-15(3,7-2)16-14(17)11-8-9-12(18-4)13(10-11)19-5/h1,8-10H,7H2,2-5H3,(H,16,17)/t15-/m0/s1. The summed E-state index contributed by atoms with van der Waals surface area (Å²) in [6.45, 7) is 3.74. The van der Waals surface area contributed by atoms with Crippen molar-refractivity contribution >= 4 is 5.91 Å². The molecule has 0 saturated heterocycles. The van der Waals surface area contributed by atoms with Gasteiger partial charge in [0.2, 0.25) is 0 Å². The first-order valence-corrected chi connectivity index (χ1v) is 6.02. The summed E-state index contributed by atoms with van der Waals surface area (Å²) in [6, 6.07) is 4.98. The molecule has 0 radical (unpaired) electrons. The Morgan fingerprint density at radius 2 is 2.00 bits per heavy atom. The Hall–Kier alpha value is -2.15. The molecule has 102 valence electrons. The minimum Gasteiger partial charge on any atom is -0.493 e. The summed E-state index contributed by atoms with van der Waals surface area (Å²) < 4.78 is 10.3. The number of rotatable bonds is 5. The van der Waals surface area contributed by atoms with Crippen LogP contribution in [0.1, 0.15) is 30.6 Å². The summed E-state index contributed by atoms with van der Waals surface area (Å²) in [5.74, 6) is 3.45. The van der Waals surface area contributed by atoms with Gasteiger partial charge < -0.3 is 14.8 Å². The van der Waals surface area contributed by atoms with E-state index in [9.17, 15) is 4.79 Å². The van der Waals surface area contributed by atoms with Crippen molar-refractivity contribution in [2.75, 3.05) is 14.2 Å². The van der Waals surface area contributed by atoms with Gasteiger partial charge in [0.1, 0.15) is 0 Å². The van der Waals surface area contributed by atoms with Crippen LogP contribution >= 0.6 is 0 Å². The number of terminal acetylenes is 1. The van der Waals surface area contributed by atoms with Crippen molar-refractivity contribution in [1.29, 1.82) is 0 Å². The molecule has 0 heterocycles. The molecule has 0 unspecified atom stereocenters. The Bertz CT molecular complexity index is 505. The smallest absolute Gasteiger partial charge is 0.252 e. The molecule has 0 bridgehead atoms. The molecule has 4 heteroatoms. The van der Waals surface area contributed by atoms with Crippen LogP contribution in [0.25, 0.3) is 0 Å². The number of methoxy groups -OCH3 is 2. The third kappa shape index (κ3) is 3.41. The molecule has 1 amide bonds.